The van der Waals surface area contributed by atoms with Crippen LogP contribution in [0.15, 0.2) is 17.0 Å². The van der Waals surface area contributed by atoms with Crippen LogP contribution in [0.5, 0.6) is 0 Å². The summed E-state index contributed by atoms with van der Waals surface area (Å²) >= 11 is 11.9. The second kappa shape index (κ2) is 6.60. The molecule has 0 aromatic heterocycles. The first kappa shape index (κ1) is 16.0. The van der Waals surface area contributed by atoms with Crippen molar-refractivity contribution in [1.82, 2.24) is 4.72 Å². The van der Waals surface area contributed by atoms with Crippen molar-refractivity contribution in [2.45, 2.75) is 17.9 Å². The molecule has 0 spiro atoms. The van der Waals surface area contributed by atoms with Gasteiger partial charge in [0.1, 0.15) is 4.90 Å². The van der Waals surface area contributed by atoms with Gasteiger partial charge in [-0.1, -0.05) is 23.2 Å². The summed E-state index contributed by atoms with van der Waals surface area (Å²) < 4.78 is 32.2. The maximum atomic E-state index is 12.3. The molecule has 8 heteroatoms. The monoisotopic (exact) mass is 339 g/mol. The van der Waals surface area contributed by atoms with Gasteiger partial charge in [-0.05, 0) is 30.0 Å². The van der Waals surface area contributed by atoms with Crippen LogP contribution in [0.1, 0.15) is 12.0 Å². The van der Waals surface area contributed by atoms with Gasteiger partial charge in [0.25, 0.3) is 0 Å². The minimum absolute atomic E-state index is 0.00734. The Bertz CT molecular complexity index is 585. The van der Waals surface area contributed by atoms with Crippen LogP contribution in [0.4, 0.5) is 0 Å². The molecule has 0 saturated carbocycles. The predicted molar refractivity (Wildman–Crippen MR) is 76.5 cm³/mol. The molecule has 0 radical (unpaired) electrons. The Balaban J connectivity index is 2.22. The number of sulfonamides is 1. The van der Waals surface area contributed by atoms with Crippen molar-refractivity contribution in [3.8, 4) is 0 Å². The number of rotatable bonds is 5. The fraction of sp³-hybridized carbons (Fsp3) is 0.500. The lowest BCUT2D eigenvalue weighted by Crippen LogP contribution is -2.30. The quantitative estimate of drug-likeness (QED) is 0.857. The van der Waals surface area contributed by atoms with Crippen LogP contribution in [-0.4, -0.2) is 33.3 Å². The number of hydrogen-bond acceptors (Lipinski definition) is 4. The zero-order chi connectivity index (χ0) is 14.8. The molecule has 0 amide bonds. The summed E-state index contributed by atoms with van der Waals surface area (Å²) in [5.74, 6) is 0.167. The molecule has 2 rings (SSSR count). The fourth-order valence-electron chi connectivity index (χ4n) is 1.98. The summed E-state index contributed by atoms with van der Waals surface area (Å²) in [5.41, 5.74) is 0.281. The van der Waals surface area contributed by atoms with Crippen LogP contribution in [-0.2, 0) is 21.4 Å². The summed E-state index contributed by atoms with van der Waals surface area (Å²) in [4.78, 5) is -0.116. The normalized spacial score (nSPS) is 19.4. The smallest absolute Gasteiger partial charge is 0.242 e. The van der Waals surface area contributed by atoms with Gasteiger partial charge in [-0.2, -0.15) is 0 Å². The minimum atomic E-state index is -3.77. The second-order valence-electron chi connectivity index (χ2n) is 4.62. The van der Waals surface area contributed by atoms with E-state index >= 15 is 0 Å². The van der Waals surface area contributed by atoms with Crippen LogP contribution in [0.3, 0.4) is 0 Å². The van der Waals surface area contributed by atoms with Crippen molar-refractivity contribution in [2.24, 2.45) is 5.92 Å². The molecule has 1 aromatic rings. The Morgan fingerprint density at radius 2 is 2.15 bits per heavy atom. The maximum Gasteiger partial charge on any atom is 0.242 e. The number of nitrogens with one attached hydrogen (secondary N) is 1. The zero-order valence-corrected chi connectivity index (χ0v) is 12.9. The largest absolute Gasteiger partial charge is 0.392 e. The molecule has 1 aliphatic heterocycles. The lowest BCUT2D eigenvalue weighted by molar-refractivity contribution is 0.186. The summed E-state index contributed by atoms with van der Waals surface area (Å²) in [5, 5.41) is 9.36. The van der Waals surface area contributed by atoms with E-state index in [1.807, 2.05) is 0 Å². The Morgan fingerprint density at radius 1 is 1.40 bits per heavy atom. The predicted octanol–water partition coefficient (Wildman–Crippen LogP) is 1.80. The first-order chi connectivity index (χ1) is 9.44. The maximum absolute atomic E-state index is 12.3. The molecular weight excluding hydrogens is 325 g/mol. The Labute approximate surface area is 127 Å². The molecule has 1 heterocycles. The Hall–Kier alpha value is -0.370. The van der Waals surface area contributed by atoms with Gasteiger partial charge in [0, 0.05) is 18.2 Å². The van der Waals surface area contributed by atoms with Crippen molar-refractivity contribution in [2.75, 3.05) is 19.8 Å². The average Bonchev–Trinajstić information content (AvgIpc) is 2.92. The molecule has 1 aliphatic rings. The van der Waals surface area contributed by atoms with E-state index in [9.17, 15) is 8.42 Å². The number of hydrogen-bond donors (Lipinski definition) is 2. The summed E-state index contributed by atoms with van der Waals surface area (Å²) in [6.45, 7) is 1.12. The molecule has 1 unspecified atom stereocenters. The lowest BCUT2D eigenvalue weighted by Gasteiger charge is -2.13. The summed E-state index contributed by atoms with van der Waals surface area (Å²) in [6, 6.07) is 2.71. The summed E-state index contributed by atoms with van der Waals surface area (Å²) in [7, 11) is -3.77. The van der Waals surface area contributed by atoms with E-state index in [0.717, 1.165) is 6.42 Å². The van der Waals surface area contributed by atoms with Gasteiger partial charge < -0.3 is 9.84 Å². The number of aliphatic hydroxyl groups excluding tert-OH is 1. The highest BCUT2D eigenvalue weighted by Gasteiger charge is 2.23. The molecule has 2 N–H and O–H groups in total. The first-order valence-corrected chi connectivity index (χ1v) is 8.34. The molecule has 0 aliphatic carbocycles. The van der Waals surface area contributed by atoms with Gasteiger partial charge in [0.05, 0.1) is 18.2 Å². The molecule has 5 nitrogen and oxygen atoms in total. The average molecular weight is 340 g/mol. The van der Waals surface area contributed by atoms with E-state index in [0.29, 0.717) is 19.8 Å². The van der Waals surface area contributed by atoms with Gasteiger partial charge in [-0.3, -0.25) is 0 Å². The highest BCUT2D eigenvalue weighted by atomic mass is 35.5. The first-order valence-electron chi connectivity index (χ1n) is 6.10. The molecule has 1 aromatic carbocycles. The van der Waals surface area contributed by atoms with Crippen molar-refractivity contribution in [1.29, 1.82) is 0 Å². The number of benzene rings is 1. The Morgan fingerprint density at radius 3 is 2.75 bits per heavy atom. The van der Waals surface area contributed by atoms with Crippen molar-refractivity contribution in [3.63, 3.8) is 0 Å². The zero-order valence-electron chi connectivity index (χ0n) is 10.6. The van der Waals surface area contributed by atoms with Crippen LogP contribution >= 0.6 is 23.2 Å². The van der Waals surface area contributed by atoms with E-state index < -0.39 is 10.0 Å². The third-order valence-corrected chi connectivity index (χ3v) is 5.35. The van der Waals surface area contributed by atoms with Gasteiger partial charge >= 0.3 is 0 Å². The van der Waals surface area contributed by atoms with Crippen LogP contribution in [0, 0.1) is 5.92 Å². The molecular formula is C12H15Cl2NO4S. The molecule has 20 heavy (non-hydrogen) atoms. The molecule has 112 valence electrons. The molecule has 0 bridgehead atoms. The van der Waals surface area contributed by atoms with E-state index in [2.05, 4.69) is 4.72 Å². The van der Waals surface area contributed by atoms with E-state index in [4.69, 9.17) is 33.0 Å². The standard InChI is InChI=1S/C12H15Cl2NO4S/c13-10-3-9(6-16)12(14)11(4-10)20(17,18)15-5-8-1-2-19-7-8/h3-4,8,15-16H,1-2,5-7H2. The second-order valence-corrected chi connectivity index (χ2v) is 7.17. The van der Waals surface area contributed by atoms with Crippen molar-refractivity contribution in [3.05, 3.63) is 27.7 Å². The van der Waals surface area contributed by atoms with Crippen LogP contribution < -0.4 is 4.72 Å². The topological polar surface area (TPSA) is 75.6 Å². The SMILES string of the molecule is O=S(=O)(NCC1CCOC1)c1cc(Cl)cc(CO)c1Cl. The van der Waals surface area contributed by atoms with Crippen molar-refractivity contribution < 1.29 is 18.3 Å². The van der Waals surface area contributed by atoms with E-state index in [-0.39, 0.29) is 33.0 Å². The number of aliphatic hydroxyl groups is 1. The fourth-order valence-corrected chi connectivity index (χ4v) is 4.02. The van der Waals surface area contributed by atoms with Crippen LogP contribution in [0.2, 0.25) is 10.0 Å². The molecule has 1 fully saturated rings. The van der Waals surface area contributed by atoms with Crippen LogP contribution in [0.25, 0.3) is 0 Å². The minimum Gasteiger partial charge on any atom is -0.392 e. The van der Waals surface area contributed by atoms with Gasteiger partial charge in [-0.15, -0.1) is 0 Å². The number of ether oxygens (including phenoxy) is 1. The lowest BCUT2D eigenvalue weighted by atomic mass is 10.1. The van der Waals surface area contributed by atoms with E-state index in [1.54, 1.807) is 0 Å². The Kier molecular flexibility index (Phi) is 5.28. The van der Waals surface area contributed by atoms with Crippen molar-refractivity contribution >= 4 is 33.2 Å². The van der Waals surface area contributed by atoms with E-state index in [1.165, 1.54) is 12.1 Å². The highest BCUT2D eigenvalue weighted by molar-refractivity contribution is 7.89. The molecule has 1 atom stereocenters. The van der Waals surface area contributed by atoms with Gasteiger partial charge in [-0.25, -0.2) is 13.1 Å². The molecule has 1 saturated heterocycles. The number of halogens is 2. The third-order valence-electron chi connectivity index (χ3n) is 3.13. The third kappa shape index (κ3) is 3.63. The van der Waals surface area contributed by atoms with Gasteiger partial charge in [0.15, 0.2) is 0 Å². The summed E-state index contributed by atoms with van der Waals surface area (Å²) in [6.07, 6.45) is 0.827. The van der Waals surface area contributed by atoms with Gasteiger partial charge in [0.2, 0.25) is 10.0 Å². The highest BCUT2D eigenvalue weighted by Crippen LogP contribution is 2.29.